The van der Waals surface area contributed by atoms with Crippen molar-refractivity contribution in [3.05, 3.63) is 23.7 Å². The smallest absolute Gasteiger partial charge is 0.284 e. The lowest BCUT2D eigenvalue weighted by molar-refractivity contribution is 0.0972. The van der Waals surface area contributed by atoms with Gasteiger partial charge in [-0.15, -0.1) is 24.0 Å². The van der Waals surface area contributed by atoms with Crippen LogP contribution < -0.4 is 11.1 Å². The van der Waals surface area contributed by atoms with Crippen molar-refractivity contribution in [2.24, 2.45) is 16.1 Å². The van der Waals surface area contributed by atoms with Crippen molar-refractivity contribution in [2.45, 2.75) is 32.2 Å². The number of nitrogens with two attached hydrogens (primary N) is 1. The van der Waals surface area contributed by atoms with E-state index in [-0.39, 0.29) is 29.7 Å². The molecule has 2 heterocycles. The van der Waals surface area contributed by atoms with E-state index in [1.165, 1.54) is 25.7 Å². The number of halogens is 1. The van der Waals surface area contributed by atoms with Crippen molar-refractivity contribution in [2.75, 3.05) is 20.1 Å². The first kappa shape index (κ1) is 17.1. The fraction of sp³-hybridized carbons (Fsp3) is 0.600. The van der Waals surface area contributed by atoms with E-state index >= 15 is 0 Å². The molecule has 3 N–H and O–H groups in total. The van der Waals surface area contributed by atoms with Gasteiger partial charge in [-0.05, 0) is 36.8 Å². The summed E-state index contributed by atoms with van der Waals surface area (Å²) in [7, 11) is 1.80. The monoisotopic (exact) mass is 418 g/mol. The minimum atomic E-state index is -0.544. The number of nitrogens with one attached hydrogen (secondary N) is 1. The van der Waals surface area contributed by atoms with Gasteiger partial charge in [-0.25, -0.2) is 0 Å². The highest BCUT2D eigenvalue weighted by Gasteiger charge is 2.43. The van der Waals surface area contributed by atoms with Gasteiger partial charge in [0, 0.05) is 20.1 Å². The Bertz CT molecular complexity index is 566. The summed E-state index contributed by atoms with van der Waals surface area (Å²) in [6.45, 7) is 2.66. The third kappa shape index (κ3) is 3.39. The molecular formula is C15H23IN4O2. The van der Waals surface area contributed by atoms with Crippen molar-refractivity contribution in [1.82, 2.24) is 10.2 Å². The van der Waals surface area contributed by atoms with Gasteiger partial charge in [0.2, 0.25) is 0 Å². The topological polar surface area (TPSA) is 83.9 Å². The van der Waals surface area contributed by atoms with Gasteiger partial charge in [0.25, 0.3) is 5.91 Å². The van der Waals surface area contributed by atoms with Crippen LogP contribution in [0.5, 0.6) is 0 Å². The lowest BCUT2D eigenvalue weighted by Crippen LogP contribution is -2.42. The third-order valence-electron chi connectivity index (χ3n) is 4.69. The molecule has 3 rings (SSSR count). The Morgan fingerprint density at radius 1 is 1.45 bits per heavy atom. The van der Waals surface area contributed by atoms with E-state index in [4.69, 9.17) is 10.2 Å². The van der Waals surface area contributed by atoms with Gasteiger partial charge in [-0.3, -0.25) is 9.79 Å². The number of nitrogens with zero attached hydrogens (tertiary/aromatic N) is 2. The Kier molecular flexibility index (Phi) is 5.36. The summed E-state index contributed by atoms with van der Waals surface area (Å²) in [6.07, 6.45) is 5.32. The zero-order valence-electron chi connectivity index (χ0n) is 12.8. The number of hydrogen-bond donors (Lipinski definition) is 2. The summed E-state index contributed by atoms with van der Waals surface area (Å²) < 4.78 is 5.37. The minimum Gasteiger partial charge on any atom is -0.454 e. The Labute approximate surface area is 147 Å². The van der Waals surface area contributed by atoms with Crippen LogP contribution in [0.15, 0.2) is 21.5 Å². The van der Waals surface area contributed by atoms with E-state index in [0.29, 0.717) is 17.7 Å². The number of furan rings is 1. The van der Waals surface area contributed by atoms with Gasteiger partial charge in [0.05, 0.1) is 6.54 Å². The van der Waals surface area contributed by atoms with E-state index in [0.717, 1.165) is 19.0 Å². The number of amides is 1. The SMILES string of the molecule is CN=C(NCc1ccc(C(N)=O)o1)N1CCC2(CCC2)C1.I. The normalized spacial score (nSPS) is 19.7. The summed E-state index contributed by atoms with van der Waals surface area (Å²) in [5.41, 5.74) is 5.72. The fourth-order valence-electron chi connectivity index (χ4n) is 3.30. The van der Waals surface area contributed by atoms with Crippen molar-refractivity contribution in [1.29, 1.82) is 0 Å². The summed E-state index contributed by atoms with van der Waals surface area (Å²) in [5.74, 6) is 1.23. The van der Waals surface area contributed by atoms with Crippen LogP contribution in [0.2, 0.25) is 0 Å². The molecule has 0 unspecified atom stereocenters. The zero-order valence-corrected chi connectivity index (χ0v) is 15.1. The Morgan fingerprint density at radius 3 is 2.73 bits per heavy atom. The summed E-state index contributed by atoms with van der Waals surface area (Å²) in [6, 6.07) is 3.36. The molecule has 22 heavy (non-hydrogen) atoms. The molecule has 0 radical (unpaired) electrons. The fourth-order valence-corrected chi connectivity index (χ4v) is 3.30. The average molecular weight is 418 g/mol. The van der Waals surface area contributed by atoms with Crippen molar-refractivity contribution in [3.8, 4) is 0 Å². The molecule has 1 aliphatic heterocycles. The molecular weight excluding hydrogens is 395 g/mol. The predicted molar refractivity (Wildman–Crippen MR) is 95.3 cm³/mol. The van der Waals surface area contributed by atoms with Crippen molar-refractivity contribution < 1.29 is 9.21 Å². The molecule has 1 saturated heterocycles. The predicted octanol–water partition coefficient (Wildman–Crippen LogP) is 1.95. The van der Waals surface area contributed by atoms with Crippen LogP contribution in [0.25, 0.3) is 0 Å². The molecule has 0 aromatic carbocycles. The van der Waals surface area contributed by atoms with Crippen LogP contribution in [0, 0.1) is 5.41 Å². The Morgan fingerprint density at radius 2 is 2.23 bits per heavy atom. The largest absolute Gasteiger partial charge is 0.454 e. The summed E-state index contributed by atoms with van der Waals surface area (Å²) in [4.78, 5) is 17.7. The zero-order chi connectivity index (χ0) is 14.9. The molecule has 1 saturated carbocycles. The number of hydrogen-bond acceptors (Lipinski definition) is 3. The molecule has 122 valence electrons. The molecule has 0 bridgehead atoms. The highest BCUT2D eigenvalue weighted by molar-refractivity contribution is 14.0. The van der Waals surface area contributed by atoms with Gasteiger partial charge in [-0.2, -0.15) is 0 Å². The Balaban J connectivity index is 0.00000176. The second-order valence-electron chi connectivity index (χ2n) is 6.06. The quantitative estimate of drug-likeness (QED) is 0.447. The number of likely N-dealkylation sites (tertiary alicyclic amines) is 1. The molecule has 2 aliphatic rings. The molecule has 1 aromatic heterocycles. The Hall–Kier alpha value is -1.25. The van der Waals surface area contributed by atoms with Gasteiger partial charge in [0.15, 0.2) is 11.7 Å². The van der Waals surface area contributed by atoms with Crippen LogP contribution in [-0.4, -0.2) is 36.9 Å². The number of guanidine groups is 1. The maximum absolute atomic E-state index is 11.0. The summed E-state index contributed by atoms with van der Waals surface area (Å²) >= 11 is 0. The third-order valence-corrected chi connectivity index (χ3v) is 4.69. The van der Waals surface area contributed by atoms with E-state index in [2.05, 4.69) is 15.2 Å². The van der Waals surface area contributed by atoms with Crippen LogP contribution in [-0.2, 0) is 6.54 Å². The average Bonchev–Trinajstić information content (AvgIpc) is 3.05. The molecule has 7 heteroatoms. The van der Waals surface area contributed by atoms with Crippen molar-refractivity contribution >= 4 is 35.8 Å². The molecule has 1 aliphatic carbocycles. The molecule has 2 fully saturated rings. The maximum Gasteiger partial charge on any atom is 0.284 e. The number of carbonyl (C=O) groups is 1. The summed E-state index contributed by atoms with van der Waals surface area (Å²) in [5, 5.41) is 3.30. The second-order valence-corrected chi connectivity index (χ2v) is 6.06. The first-order valence-corrected chi connectivity index (χ1v) is 7.46. The lowest BCUT2D eigenvalue weighted by atomic mass is 9.68. The molecule has 1 aromatic rings. The van der Waals surface area contributed by atoms with Crippen LogP contribution in [0.4, 0.5) is 0 Å². The van der Waals surface area contributed by atoms with Crippen molar-refractivity contribution in [3.63, 3.8) is 0 Å². The molecule has 6 nitrogen and oxygen atoms in total. The lowest BCUT2D eigenvalue weighted by Gasteiger charge is -2.38. The van der Waals surface area contributed by atoms with Gasteiger partial charge in [0.1, 0.15) is 5.76 Å². The number of aliphatic imine (C=N–C) groups is 1. The van der Waals surface area contributed by atoms with Crippen LogP contribution in [0.3, 0.4) is 0 Å². The minimum absolute atomic E-state index is 0. The van der Waals surface area contributed by atoms with E-state index in [1.807, 2.05) is 0 Å². The molecule has 1 amide bonds. The van der Waals surface area contributed by atoms with E-state index < -0.39 is 5.91 Å². The van der Waals surface area contributed by atoms with Gasteiger partial charge in [-0.1, -0.05) is 6.42 Å². The number of carbonyl (C=O) groups excluding carboxylic acids is 1. The van der Waals surface area contributed by atoms with Gasteiger partial charge >= 0.3 is 0 Å². The first-order chi connectivity index (χ1) is 10.1. The second kappa shape index (κ2) is 6.89. The standard InChI is InChI=1S/C15H22N4O2.HI/c1-17-14(19-8-7-15(10-19)5-2-6-15)18-9-11-3-4-12(21-11)13(16)20;/h3-4H,2,5-10H2,1H3,(H2,16,20)(H,17,18);1H. The number of primary amides is 1. The van der Waals surface area contributed by atoms with Crippen LogP contribution >= 0.6 is 24.0 Å². The van der Waals surface area contributed by atoms with Crippen LogP contribution in [0.1, 0.15) is 42.0 Å². The highest BCUT2D eigenvalue weighted by Crippen LogP contribution is 2.47. The maximum atomic E-state index is 11.0. The van der Waals surface area contributed by atoms with Gasteiger partial charge < -0.3 is 20.4 Å². The van der Waals surface area contributed by atoms with E-state index in [1.54, 1.807) is 19.2 Å². The first-order valence-electron chi connectivity index (χ1n) is 7.46. The number of rotatable bonds is 3. The highest BCUT2D eigenvalue weighted by atomic mass is 127. The molecule has 0 atom stereocenters. The van der Waals surface area contributed by atoms with E-state index in [9.17, 15) is 4.79 Å². The molecule has 1 spiro atoms.